The summed E-state index contributed by atoms with van der Waals surface area (Å²) in [6.07, 6.45) is 4.63. The van der Waals surface area contributed by atoms with Crippen LogP contribution in [-0.2, 0) is 4.79 Å². The summed E-state index contributed by atoms with van der Waals surface area (Å²) in [7, 11) is 0. The molecule has 0 aromatic heterocycles. The summed E-state index contributed by atoms with van der Waals surface area (Å²) in [6.45, 7) is 0. The van der Waals surface area contributed by atoms with E-state index >= 15 is 0 Å². The van der Waals surface area contributed by atoms with E-state index in [1.54, 1.807) is 0 Å². The van der Waals surface area contributed by atoms with Crippen molar-refractivity contribution in [1.82, 2.24) is 10.6 Å². The zero-order chi connectivity index (χ0) is 11.4. The molecule has 5 nitrogen and oxygen atoms in total. The van der Waals surface area contributed by atoms with Gasteiger partial charge in [0.25, 0.3) is 5.91 Å². The van der Waals surface area contributed by atoms with Crippen molar-refractivity contribution in [2.75, 3.05) is 0 Å². The Morgan fingerprint density at radius 1 is 1.31 bits per heavy atom. The van der Waals surface area contributed by atoms with Crippen LogP contribution >= 0.6 is 0 Å². The second-order valence-corrected chi connectivity index (χ2v) is 5.56. The van der Waals surface area contributed by atoms with E-state index in [2.05, 4.69) is 10.6 Å². The van der Waals surface area contributed by atoms with Gasteiger partial charge in [-0.3, -0.25) is 10.1 Å². The van der Waals surface area contributed by atoms with E-state index in [9.17, 15) is 14.7 Å². The molecule has 0 aromatic rings. The van der Waals surface area contributed by atoms with Crippen LogP contribution in [0, 0.1) is 5.92 Å². The van der Waals surface area contributed by atoms with Gasteiger partial charge in [-0.25, -0.2) is 4.79 Å². The highest BCUT2D eigenvalue weighted by Gasteiger charge is 2.56. The molecule has 2 bridgehead atoms. The van der Waals surface area contributed by atoms with Crippen molar-refractivity contribution in [3.63, 3.8) is 0 Å². The molecule has 88 valence electrons. The summed E-state index contributed by atoms with van der Waals surface area (Å²) in [4.78, 5) is 23.1. The Labute approximate surface area is 93.6 Å². The van der Waals surface area contributed by atoms with Gasteiger partial charge in [0.1, 0.15) is 5.54 Å². The van der Waals surface area contributed by atoms with Crippen LogP contribution in [0.25, 0.3) is 0 Å². The highest BCUT2D eigenvalue weighted by Crippen LogP contribution is 2.47. The maximum atomic E-state index is 11.8. The molecule has 3 fully saturated rings. The molecule has 3 N–H and O–H groups in total. The summed E-state index contributed by atoms with van der Waals surface area (Å²) in [5.74, 6) is 0.0965. The molecule has 0 aromatic carbocycles. The lowest BCUT2D eigenvalue weighted by molar-refractivity contribution is -0.135. The van der Waals surface area contributed by atoms with Crippen molar-refractivity contribution in [3.05, 3.63) is 0 Å². The number of carbonyl (C=O) groups excluding carboxylic acids is 2. The van der Waals surface area contributed by atoms with Crippen molar-refractivity contribution >= 4 is 11.9 Å². The fraction of sp³-hybridized carbons (Fsp3) is 0.818. The lowest BCUT2D eigenvalue weighted by atomic mass is 9.62. The summed E-state index contributed by atoms with van der Waals surface area (Å²) in [5, 5.41) is 15.4. The Hall–Kier alpha value is -1.10. The van der Waals surface area contributed by atoms with Crippen LogP contribution in [0.2, 0.25) is 0 Å². The lowest BCUT2D eigenvalue weighted by Gasteiger charge is -2.48. The molecule has 1 aliphatic heterocycles. The molecule has 3 aliphatic rings. The monoisotopic (exact) mass is 224 g/mol. The van der Waals surface area contributed by atoms with Crippen molar-refractivity contribution in [2.24, 2.45) is 5.92 Å². The quantitative estimate of drug-likeness (QED) is 0.517. The second-order valence-electron chi connectivity index (χ2n) is 5.56. The van der Waals surface area contributed by atoms with Crippen molar-refractivity contribution < 1.29 is 14.7 Å². The van der Waals surface area contributed by atoms with Gasteiger partial charge in [0.2, 0.25) is 0 Å². The minimum absolute atomic E-state index is 0.262. The van der Waals surface area contributed by atoms with Crippen LogP contribution in [0.15, 0.2) is 0 Å². The number of hydrogen-bond donors (Lipinski definition) is 3. The number of urea groups is 1. The predicted molar refractivity (Wildman–Crippen MR) is 55.5 cm³/mol. The first-order valence-corrected chi connectivity index (χ1v) is 5.87. The average molecular weight is 224 g/mol. The molecule has 3 rings (SSSR count). The normalized spacial score (nSPS) is 46.7. The molecule has 16 heavy (non-hydrogen) atoms. The van der Waals surface area contributed by atoms with E-state index in [0.717, 1.165) is 25.7 Å². The second kappa shape index (κ2) is 2.97. The van der Waals surface area contributed by atoms with E-state index in [0.29, 0.717) is 18.8 Å². The third kappa shape index (κ3) is 1.34. The third-order valence-corrected chi connectivity index (χ3v) is 4.21. The van der Waals surface area contributed by atoms with Crippen LogP contribution in [0.4, 0.5) is 4.79 Å². The van der Waals surface area contributed by atoms with Gasteiger partial charge in [0.05, 0.1) is 5.60 Å². The van der Waals surface area contributed by atoms with E-state index in [-0.39, 0.29) is 5.91 Å². The Morgan fingerprint density at radius 2 is 2.12 bits per heavy atom. The maximum Gasteiger partial charge on any atom is 0.322 e. The van der Waals surface area contributed by atoms with Gasteiger partial charge in [-0.1, -0.05) is 12.8 Å². The number of fused-ring (bicyclic) bond motifs is 2. The van der Waals surface area contributed by atoms with Crippen LogP contribution in [0.5, 0.6) is 0 Å². The highest BCUT2D eigenvalue weighted by molar-refractivity contribution is 6.07. The molecular formula is C11H16N2O3. The first-order valence-electron chi connectivity index (χ1n) is 5.87. The summed E-state index contributed by atoms with van der Waals surface area (Å²) in [6, 6.07) is -0.423. The Morgan fingerprint density at radius 3 is 2.75 bits per heavy atom. The smallest absolute Gasteiger partial charge is 0.322 e. The maximum absolute atomic E-state index is 11.8. The Kier molecular flexibility index (Phi) is 1.87. The zero-order valence-electron chi connectivity index (χ0n) is 9.08. The van der Waals surface area contributed by atoms with Gasteiger partial charge in [0.15, 0.2) is 0 Å². The molecule has 5 heteroatoms. The molecular weight excluding hydrogens is 208 g/mol. The van der Waals surface area contributed by atoms with E-state index in [4.69, 9.17) is 0 Å². The highest BCUT2D eigenvalue weighted by atomic mass is 16.3. The predicted octanol–water partition coefficient (Wildman–Crippen LogP) is 0.280. The van der Waals surface area contributed by atoms with Crippen LogP contribution < -0.4 is 10.6 Å². The van der Waals surface area contributed by atoms with Crippen molar-refractivity contribution in [2.45, 2.75) is 49.7 Å². The molecule has 3 atom stereocenters. The van der Waals surface area contributed by atoms with Crippen LogP contribution in [0.1, 0.15) is 38.5 Å². The first kappa shape index (κ1) is 10.1. The van der Waals surface area contributed by atoms with Gasteiger partial charge in [-0.2, -0.15) is 0 Å². The van der Waals surface area contributed by atoms with E-state index < -0.39 is 17.2 Å². The topological polar surface area (TPSA) is 78.4 Å². The summed E-state index contributed by atoms with van der Waals surface area (Å²) in [5.41, 5.74) is -1.59. The minimum atomic E-state index is -0.838. The third-order valence-electron chi connectivity index (χ3n) is 4.21. The van der Waals surface area contributed by atoms with Crippen LogP contribution in [0.3, 0.4) is 0 Å². The Balaban J connectivity index is 1.92. The zero-order valence-corrected chi connectivity index (χ0v) is 9.08. The fourth-order valence-electron chi connectivity index (χ4n) is 3.72. The number of rotatable bonds is 0. The number of hydrogen-bond acceptors (Lipinski definition) is 3. The molecule has 2 aliphatic carbocycles. The summed E-state index contributed by atoms with van der Waals surface area (Å²) >= 11 is 0. The van der Waals surface area contributed by atoms with E-state index in [1.807, 2.05) is 0 Å². The average Bonchev–Trinajstić information content (AvgIpc) is 2.38. The number of aliphatic hydroxyl groups is 1. The standard InChI is InChI=1S/C11H16N2O3/c14-8-11(13-9(15)12-8)5-7-2-1-3-10(16,4-7)6-11/h7,16H,1-6H2,(H2,12,13,14,15)/t7-,10-,11-/m1/s1. The Bertz CT molecular complexity index is 370. The van der Waals surface area contributed by atoms with E-state index in [1.165, 1.54) is 0 Å². The van der Waals surface area contributed by atoms with Crippen molar-refractivity contribution in [3.8, 4) is 0 Å². The first-order chi connectivity index (χ1) is 7.51. The molecule has 2 saturated carbocycles. The fourth-order valence-corrected chi connectivity index (χ4v) is 3.72. The largest absolute Gasteiger partial charge is 0.390 e. The number of carbonyl (C=O) groups is 2. The molecule has 1 heterocycles. The van der Waals surface area contributed by atoms with Gasteiger partial charge in [-0.15, -0.1) is 0 Å². The molecule has 1 spiro atoms. The molecule has 1 saturated heterocycles. The number of imide groups is 1. The lowest BCUT2D eigenvalue weighted by Crippen LogP contribution is -2.59. The SMILES string of the molecule is O=C1NC(=O)[C@]2(C[C@@H]3CCC[C@@](O)(C3)C2)N1. The number of nitrogens with one attached hydrogen (secondary N) is 2. The van der Waals surface area contributed by atoms with Gasteiger partial charge >= 0.3 is 6.03 Å². The molecule has 3 amide bonds. The van der Waals surface area contributed by atoms with Gasteiger partial charge in [-0.05, 0) is 25.2 Å². The van der Waals surface area contributed by atoms with Gasteiger partial charge < -0.3 is 10.4 Å². The van der Waals surface area contributed by atoms with Crippen LogP contribution in [-0.4, -0.2) is 28.2 Å². The number of amides is 3. The van der Waals surface area contributed by atoms with Gasteiger partial charge in [0, 0.05) is 6.42 Å². The summed E-state index contributed by atoms with van der Waals surface area (Å²) < 4.78 is 0. The molecule has 0 unspecified atom stereocenters. The molecule has 0 radical (unpaired) electrons. The minimum Gasteiger partial charge on any atom is -0.390 e. The van der Waals surface area contributed by atoms with Crippen molar-refractivity contribution in [1.29, 1.82) is 0 Å².